The van der Waals surface area contributed by atoms with Crippen LogP contribution in [-0.4, -0.2) is 56.0 Å². The first-order valence-electron chi connectivity index (χ1n) is 5.25. The Labute approximate surface area is 92.6 Å². The summed E-state index contributed by atoms with van der Waals surface area (Å²) >= 11 is 0. The number of rotatable bonds is 6. The normalized spacial score (nSPS) is 15.5. The minimum absolute atomic E-state index is 0.0952. The van der Waals surface area contributed by atoms with Gasteiger partial charge in [0.05, 0.1) is 5.92 Å². The first kappa shape index (κ1) is 14.3. The van der Waals surface area contributed by atoms with Crippen LogP contribution < -0.4 is 11.3 Å². The van der Waals surface area contributed by atoms with Gasteiger partial charge in [0.15, 0.2) is 0 Å². The van der Waals surface area contributed by atoms with Crippen LogP contribution in [0.3, 0.4) is 0 Å². The molecule has 0 aliphatic carbocycles. The van der Waals surface area contributed by atoms with Crippen molar-refractivity contribution in [1.29, 1.82) is 0 Å². The van der Waals surface area contributed by atoms with Crippen LogP contribution >= 0.6 is 0 Å². The van der Waals surface area contributed by atoms with E-state index >= 15 is 0 Å². The largest absolute Gasteiger partial charge is 0.308 e. The van der Waals surface area contributed by atoms with Gasteiger partial charge in [-0.05, 0) is 28.1 Å². The second-order valence-corrected chi connectivity index (χ2v) is 4.32. The summed E-state index contributed by atoms with van der Waals surface area (Å²) in [7, 11) is 6.09. The molecular weight excluding hydrogens is 192 g/mol. The molecule has 15 heavy (non-hydrogen) atoms. The lowest BCUT2D eigenvalue weighted by molar-refractivity contribution is -0.126. The Bertz CT molecular complexity index is 196. The lowest BCUT2D eigenvalue weighted by Crippen LogP contribution is -2.46. The molecule has 0 aromatic rings. The summed E-state index contributed by atoms with van der Waals surface area (Å²) in [6.07, 6.45) is 0. The van der Waals surface area contributed by atoms with Crippen LogP contribution in [0, 0.1) is 5.92 Å². The predicted octanol–water partition coefficient (Wildman–Crippen LogP) is -0.506. The molecule has 5 heteroatoms. The van der Waals surface area contributed by atoms with Gasteiger partial charge < -0.3 is 9.80 Å². The van der Waals surface area contributed by atoms with Gasteiger partial charge in [-0.15, -0.1) is 0 Å². The summed E-state index contributed by atoms with van der Waals surface area (Å²) in [4.78, 5) is 15.6. The van der Waals surface area contributed by atoms with Gasteiger partial charge in [0, 0.05) is 19.1 Å². The molecule has 2 atom stereocenters. The summed E-state index contributed by atoms with van der Waals surface area (Å²) in [6.45, 7) is 5.85. The van der Waals surface area contributed by atoms with E-state index in [9.17, 15) is 4.79 Å². The Morgan fingerprint density at radius 1 is 1.27 bits per heavy atom. The third-order valence-electron chi connectivity index (χ3n) is 2.87. The van der Waals surface area contributed by atoms with Gasteiger partial charge in [-0.3, -0.25) is 10.2 Å². The number of carbonyl (C=O) groups is 1. The molecule has 90 valence electrons. The molecule has 0 spiro atoms. The maximum Gasteiger partial charge on any atom is 0.238 e. The van der Waals surface area contributed by atoms with Crippen molar-refractivity contribution in [3.63, 3.8) is 0 Å². The number of hydrazine groups is 1. The SMILES string of the molecule is CC(C(=O)NN)C(C)N(C)CCN(C)C. The topological polar surface area (TPSA) is 61.6 Å². The number of hydrogen-bond acceptors (Lipinski definition) is 4. The van der Waals surface area contributed by atoms with Crippen molar-refractivity contribution in [2.45, 2.75) is 19.9 Å². The van der Waals surface area contributed by atoms with Crippen molar-refractivity contribution in [1.82, 2.24) is 15.2 Å². The smallest absolute Gasteiger partial charge is 0.238 e. The average molecular weight is 216 g/mol. The molecule has 0 heterocycles. The van der Waals surface area contributed by atoms with Crippen molar-refractivity contribution in [2.24, 2.45) is 11.8 Å². The molecule has 3 N–H and O–H groups in total. The fourth-order valence-corrected chi connectivity index (χ4v) is 1.29. The number of likely N-dealkylation sites (N-methyl/N-ethyl adjacent to an activating group) is 2. The van der Waals surface area contributed by atoms with Crippen molar-refractivity contribution in [2.75, 3.05) is 34.2 Å². The van der Waals surface area contributed by atoms with Gasteiger partial charge in [-0.25, -0.2) is 5.84 Å². The molecule has 0 fully saturated rings. The number of nitrogens with one attached hydrogen (secondary N) is 1. The highest BCUT2D eigenvalue weighted by Crippen LogP contribution is 2.08. The highest BCUT2D eigenvalue weighted by atomic mass is 16.2. The highest BCUT2D eigenvalue weighted by Gasteiger charge is 2.22. The Kier molecular flexibility index (Phi) is 6.47. The van der Waals surface area contributed by atoms with E-state index in [1.165, 1.54) is 0 Å². The average Bonchev–Trinajstić information content (AvgIpc) is 2.22. The maximum absolute atomic E-state index is 11.3. The monoisotopic (exact) mass is 216 g/mol. The minimum Gasteiger partial charge on any atom is -0.308 e. The van der Waals surface area contributed by atoms with E-state index in [1.807, 2.05) is 35.0 Å². The zero-order valence-corrected chi connectivity index (χ0v) is 10.4. The van der Waals surface area contributed by atoms with E-state index in [-0.39, 0.29) is 17.9 Å². The summed E-state index contributed by atoms with van der Waals surface area (Å²) in [6, 6.07) is 0.188. The summed E-state index contributed by atoms with van der Waals surface area (Å²) in [5, 5.41) is 0. The van der Waals surface area contributed by atoms with E-state index in [0.29, 0.717) is 0 Å². The van der Waals surface area contributed by atoms with Gasteiger partial charge in [0.25, 0.3) is 0 Å². The first-order chi connectivity index (χ1) is 6.90. The second-order valence-electron chi connectivity index (χ2n) is 4.32. The van der Waals surface area contributed by atoms with Crippen LogP contribution in [0.5, 0.6) is 0 Å². The third-order valence-corrected chi connectivity index (χ3v) is 2.87. The van der Waals surface area contributed by atoms with Gasteiger partial charge in [0.1, 0.15) is 0 Å². The third kappa shape index (κ3) is 5.11. The van der Waals surface area contributed by atoms with E-state index in [0.717, 1.165) is 13.1 Å². The van der Waals surface area contributed by atoms with Crippen molar-refractivity contribution in [3.8, 4) is 0 Å². The second kappa shape index (κ2) is 6.76. The standard InChI is InChI=1S/C10H24N4O/c1-8(10(15)12-11)9(2)14(5)7-6-13(3)4/h8-9H,6-7,11H2,1-5H3,(H,12,15). The van der Waals surface area contributed by atoms with E-state index < -0.39 is 0 Å². The van der Waals surface area contributed by atoms with Crippen molar-refractivity contribution < 1.29 is 4.79 Å². The van der Waals surface area contributed by atoms with Gasteiger partial charge in [0.2, 0.25) is 5.91 Å². The van der Waals surface area contributed by atoms with Crippen LogP contribution in [0.25, 0.3) is 0 Å². The highest BCUT2D eigenvalue weighted by molar-refractivity contribution is 5.78. The zero-order chi connectivity index (χ0) is 12.0. The van der Waals surface area contributed by atoms with Crippen LogP contribution in [-0.2, 0) is 4.79 Å². The van der Waals surface area contributed by atoms with Crippen molar-refractivity contribution in [3.05, 3.63) is 0 Å². The summed E-state index contributed by atoms with van der Waals surface area (Å²) < 4.78 is 0. The van der Waals surface area contributed by atoms with E-state index in [2.05, 4.69) is 15.2 Å². The Hall–Kier alpha value is -0.650. The number of nitrogens with zero attached hydrogens (tertiary/aromatic N) is 2. The lowest BCUT2D eigenvalue weighted by Gasteiger charge is -2.29. The molecule has 0 radical (unpaired) electrons. The molecule has 0 saturated heterocycles. The van der Waals surface area contributed by atoms with Crippen LogP contribution in [0.2, 0.25) is 0 Å². The quantitative estimate of drug-likeness (QED) is 0.357. The van der Waals surface area contributed by atoms with Gasteiger partial charge in [-0.1, -0.05) is 6.92 Å². The molecular formula is C10H24N4O. The van der Waals surface area contributed by atoms with Gasteiger partial charge >= 0.3 is 0 Å². The molecule has 0 bridgehead atoms. The maximum atomic E-state index is 11.3. The molecule has 1 amide bonds. The molecule has 5 nitrogen and oxygen atoms in total. The fourth-order valence-electron chi connectivity index (χ4n) is 1.29. The molecule has 0 saturated carbocycles. The van der Waals surface area contributed by atoms with Gasteiger partial charge in [-0.2, -0.15) is 0 Å². The van der Waals surface area contributed by atoms with E-state index in [1.54, 1.807) is 0 Å². The first-order valence-corrected chi connectivity index (χ1v) is 5.25. The zero-order valence-electron chi connectivity index (χ0n) is 10.4. The Balaban J connectivity index is 4.06. The molecule has 0 aliphatic rings. The molecule has 0 aliphatic heterocycles. The van der Waals surface area contributed by atoms with Crippen LogP contribution in [0.4, 0.5) is 0 Å². The number of amides is 1. The molecule has 0 aromatic carbocycles. The summed E-state index contributed by atoms with van der Waals surface area (Å²) in [5.74, 6) is 4.90. The fraction of sp³-hybridized carbons (Fsp3) is 0.900. The van der Waals surface area contributed by atoms with E-state index in [4.69, 9.17) is 5.84 Å². The molecule has 0 aromatic heterocycles. The summed E-state index contributed by atoms with van der Waals surface area (Å²) in [5.41, 5.74) is 2.19. The molecule has 0 rings (SSSR count). The number of hydrogen-bond donors (Lipinski definition) is 2. The number of carbonyl (C=O) groups excluding carboxylic acids is 1. The molecule has 2 unspecified atom stereocenters. The van der Waals surface area contributed by atoms with Crippen LogP contribution in [0.15, 0.2) is 0 Å². The number of nitrogens with two attached hydrogens (primary N) is 1. The minimum atomic E-state index is -0.112. The Morgan fingerprint density at radius 2 is 1.80 bits per heavy atom. The van der Waals surface area contributed by atoms with Crippen LogP contribution in [0.1, 0.15) is 13.8 Å². The predicted molar refractivity (Wildman–Crippen MR) is 62.1 cm³/mol. The lowest BCUT2D eigenvalue weighted by atomic mass is 10.0. The van der Waals surface area contributed by atoms with Crippen molar-refractivity contribution >= 4 is 5.91 Å². The Morgan fingerprint density at radius 3 is 2.20 bits per heavy atom.